The van der Waals surface area contributed by atoms with Gasteiger partial charge in [0.05, 0.1) is 5.75 Å². The summed E-state index contributed by atoms with van der Waals surface area (Å²) in [7, 11) is -3.38. The molecule has 5 nitrogen and oxygen atoms in total. The van der Waals surface area contributed by atoms with Crippen LogP contribution in [0.2, 0.25) is 0 Å². The standard InChI is InChI=1S/C18H22N2O3S/c1-2-3-12-24(22,23)20-17-11-7-10-16(13-17)18(21)19-14-15-8-5-4-6-9-15/h4-11,13,20H,2-3,12,14H2,1H3,(H,19,21). The lowest BCUT2D eigenvalue weighted by Crippen LogP contribution is -2.23. The van der Waals surface area contributed by atoms with Gasteiger partial charge in [0.25, 0.3) is 5.91 Å². The molecule has 1 amide bonds. The zero-order valence-electron chi connectivity index (χ0n) is 13.7. The largest absolute Gasteiger partial charge is 0.348 e. The maximum absolute atomic E-state index is 12.2. The van der Waals surface area contributed by atoms with Crippen molar-refractivity contribution < 1.29 is 13.2 Å². The summed E-state index contributed by atoms with van der Waals surface area (Å²) in [5, 5.41) is 2.82. The van der Waals surface area contributed by atoms with Crippen LogP contribution in [0, 0.1) is 0 Å². The Balaban J connectivity index is 2.00. The number of sulfonamides is 1. The minimum Gasteiger partial charge on any atom is -0.348 e. The molecule has 0 radical (unpaired) electrons. The number of rotatable bonds is 8. The van der Waals surface area contributed by atoms with Crippen LogP contribution < -0.4 is 10.0 Å². The van der Waals surface area contributed by atoms with Gasteiger partial charge in [-0.25, -0.2) is 8.42 Å². The van der Waals surface area contributed by atoms with Crippen LogP contribution in [0.4, 0.5) is 5.69 Å². The van der Waals surface area contributed by atoms with E-state index in [0.29, 0.717) is 24.2 Å². The van der Waals surface area contributed by atoms with Crippen LogP contribution in [0.5, 0.6) is 0 Å². The minimum absolute atomic E-state index is 0.0773. The second-order valence-electron chi connectivity index (χ2n) is 5.52. The summed E-state index contributed by atoms with van der Waals surface area (Å²) >= 11 is 0. The number of nitrogens with one attached hydrogen (secondary N) is 2. The number of amides is 1. The average molecular weight is 346 g/mol. The number of benzene rings is 2. The van der Waals surface area contributed by atoms with Crippen molar-refractivity contribution >= 4 is 21.6 Å². The molecule has 2 aromatic rings. The number of hydrogen-bond acceptors (Lipinski definition) is 3. The lowest BCUT2D eigenvalue weighted by molar-refractivity contribution is 0.0951. The minimum atomic E-state index is -3.38. The maximum atomic E-state index is 12.2. The number of carbonyl (C=O) groups excluding carboxylic acids is 1. The Bertz CT molecular complexity index is 774. The van der Waals surface area contributed by atoms with Crippen molar-refractivity contribution in [2.75, 3.05) is 10.5 Å². The molecule has 0 aliphatic rings. The Hall–Kier alpha value is -2.34. The van der Waals surface area contributed by atoms with E-state index in [-0.39, 0.29) is 11.7 Å². The lowest BCUT2D eigenvalue weighted by atomic mass is 10.2. The van der Waals surface area contributed by atoms with Gasteiger partial charge < -0.3 is 5.32 Å². The Morgan fingerprint density at radius 2 is 1.79 bits per heavy atom. The van der Waals surface area contributed by atoms with Gasteiger partial charge in [-0.3, -0.25) is 9.52 Å². The third kappa shape index (κ3) is 5.70. The number of anilines is 1. The molecule has 0 fully saturated rings. The lowest BCUT2D eigenvalue weighted by Gasteiger charge is -2.10. The molecule has 6 heteroatoms. The number of carbonyl (C=O) groups is 1. The predicted molar refractivity (Wildman–Crippen MR) is 96.4 cm³/mol. The van der Waals surface area contributed by atoms with Crippen LogP contribution in [0.1, 0.15) is 35.7 Å². The average Bonchev–Trinajstić information content (AvgIpc) is 2.58. The summed E-state index contributed by atoms with van der Waals surface area (Å²) in [5.41, 5.74) is 1.82. The third-order valence-corrected chi connectivity index (χ3v) is 4.83. The van der Waals surface area contributed by atoms with E-state index in [1.54, 1.807) is 24.3 Å². The van der Waals surface area contributed by atoms with E-state index >= 15 is 0 Å². The zero-order valence-corrected chi connectivity index (χ0v) is 14.5. The van der Waals surface area contributed by atoms with Crippen LogP contribution in [0.15, 0.2) is 54.6 Å². The summed E-state index contributed by atoms with van der Waals surface area (Å²) in [5.74, 6) is -0.165. The second kappa shape index (κ2) is 8.49. The van der Waals surface area contributed by atoms with Crippen LogP contribution in [-0.4, -0.2) is 20.1 Å². The van der Waals surface area contributed by atoms with Gasteiger partial charge in [0.1, 0.15) is 0 Å². The smallest absolute Gasteiger partial charge is 0.251 e. The molecule has 0 aromatic heterocycles. The molecule has 2 rings (SSSR count). The van der Waals surface area contributed by atoms with Gasteiger partial charge in [-0.15, -0.1) is 0 Å². The van der Waals surface area contributed by atoms with Gasteiger partial charge in [-0.05, 0) is 30.2 Å². The molecule has 0 saturated carbocycles. The van der Waals surface area contributed by atoms with Gasteiger partial charge in [0, 0.05) is 17.8 Å². The molecular weight excluding hydrogens is 324 g/mol. The molecule has 2 aromatic carbocycles. The molecule has 0 aliphatic carbocycles. The summed E-state index contributed by atoms with van der Waals surface area (Å²) in [6.45, 7) is 2.36. The van der Waals surface area contributed by atoms with Crippen molar-refractivity contribution in [1.82, 2.24) is 5.32 Å². The van der Waals surface area contributed by atoms with Crippen molar-refractivity contribution in [2.45, 2.75) is 26.3 Å². The van der Waals surface area contributed by atoms with Crippen molar-refractivity contribution in [3.8, 4) is 0 Å². The molecule has 0 spiro atoms. The fraction of sp³-hybridized carbons (Fsp3) is 0.278. The molecule has 128 valence electrons. The first kappa shape index (κ1) is 18.0. The fourth-order valence-electron chi connectivity index (χ4n) is 2.17. The molecule has 24 heavy (non-hydrogen) atoms. The number of hydrogen-bond donors (Lipinski definition) is 2. The van der Waals surface area contributed by atoms with Crippen molar-refractivity contribution in [1.29, 1.82) is 0 Å². The van der Waals surface area contributed by atoms with E-state index in [9.17, 15) is 13.2 Å². The Morgan fingerprint density at radius 3 is 2.50 bits per heavy atom. The topological polar surface area (TPSA) is 75.3 Å². The normalized spacial score (nSPS) is 11.0. The van der Waals surface area contributed by atoms with E-state index in [1.165, 1.54) is 0 Å². The predicted octanol–water partition coefficient (Wildman–Crippen LogP) is 3.16. The van der Waals surface area contributed by atoms with Gasteiger partial charge in [-0.1, -0.05) is 49.7 Å². The van der Waals surface area contributed by atoms with E-state index in [2.05, 4.69) is 10.0 Å². The second-order valence-corrected chi connectivity index (χ2v) is 7.37. The van der Waals surface area contributed by atoms with Crippen molar-refractivity contribution in [3.05, 3.63) is 65.7 Å². The van der Waals surface area contributed by atoms with Crippen molar-refractivity contribution in [2.24, 2.45) is 0 Å². The molecule has 0 bridgehead atoms. The van der Waals surface area contributed by atoms with Crippen molar-refractivity contribution in [3.63, 3.8) is 0 Å². The molecule has 0 atom stereocenters. The molecule has 0 aliphatic heterocycles. The van der Waals surface area contributed by atoms with E-state index in [0.717, 1.165) is 12.0 Å². The summed E-state index contributed by atoms with van der Waals surface area (Å²) in [6.07, 6.45) is 1.41. The summed E-state index contributed by atoms with van der Waals surface area (Å²) < 4.78 is 26.4. The fourth-order valence-corrected chi connectivity index (χ4v) is 3.43. The highest BCUT2D eigenvalue weighted by Gasteiger charge is 2.11. The molecular formula is C18H22N2O3S. The monoisotopic (exact) mass is 346 g/mol. The van der Waals surface area contributed by atoms with Crippen LogP contribution in [0.3, 0.4) is 0 Å². The molecule has 0 heterocycles. The molecule has 2 N–H and O–H groups in total. The molecule has 0 unspecified atom stereocenters. The highest BCUT2D eigenvalue weighted by atomic mass is 32.2. The van der Waals surface area contributed by atoms with Crippen LogP contribution >= 0.6 is 0 Å². The van der Waals surface area contributed by atoms with Gasteiger partial charge in [-0.2, -0.15) is 0 Å². The van der Waals surface area contributed by atoms with E-state index < -0.39 is 10.0 Å². The number of unbranched alkanes of at least 4 members (excludes halogenated alkanes) is 1. The Morgan fingerprint density at radius 1 is 1.04 bits per heavy atom. The third-order valence-electron chi connectivity index (χ3n) is 3.46. The van der Waals surface area contributed by atoms with Gasteiger partial charge >= 0.3 is 0 Å². The van der Waals surface area contributed by atoms with Gasteiger partial charge in [0.15, 0.2) is 0 Å². The highest BCUT2D eigenvalue weighted by molar-refractivity contribution is 7.92. The first-order valence-corrected chi connectivity index (χ1v) is 9.58. The first-order chi connectivity index (χ1) is 11.5. The summed E-state index contributed by atoms with van der Waals surface area (Å²) in [4.78, 5) is 12.2. The van der Waals surface area contributed by atoms with E-state index in [1.807, 2.05) is 37.3 Å². The quantitative estimate of drug-likeness (QED) is 0.771. The molecule has 0 saturated heterocycles. The summed E-state index contributed by atoms with van der Waals surface area (Å²) in [6, 6.07) is 16.1. The van der Waals surface area contributed by atoms with E-state index in [4.69, 9.17) is 0 Å². The van der Waals surface area contributed by atoms with Gasteiger partial charge in [0.2, 0.25) is 10.0 Å². The Labute approximate surface area is 143 Å². The highest BCUT2D eigenvalue weighted by Crippen LogP contribution is 2.13. The Kier molecular flexibility index (Phi) is 6.37. The van der Waals surface area contributed by atoms with Crippen LogP contribution in [0.25, 0.3) is 0 Å². The maximum Gasteiger partial charge on any atom is 0.251 e. The first-order valence-electron chi connectivity index (χ1n) is 7.93. The SMILES string of the molecule is CCCCS(=O)(=O)Nc1cccc(C(=O)NCc2ccccc2)c1. The van der Waals surface area contributed by atoms with Crippen LogP contribution in [-0.2, 0) is 16.6 Å². The zero-order chi connectivity index (χ0) is 17.4.